The Morgan fingerprint density at radius 3 is 2.87 bits per heavy atom. The van der Waals surface area contributed by atoms with Crippen molar-refractivity contribution >= 4 is 34.5 Å². The fourth-order valence-electron chi connectivity index (χ4n) is 1.03. The second-order valence-corrected chi connectivity index (χ2v) is 3.96. The molecule has 1 aromatic rings. The summed E-state index contributed by atoms with van der Waals surface area (Å²) in [6, 6.07) is 5.01. The average molecular weight is 286 g/mol. The molecule has 0 bridgehead atoms. The lowest BCUT2D eigenvalue weighted by atomic mass is 10.1. The lowest BCUT2D eigenvalue weighted by molar-refractivity contribution is 0.0525. The van der Waals surface area contributed by atoms with Gasteiger partial charge >= 0.3 is 5.97 Å². The number of halogens is 1. The highest BCUT2D eigenvalue weighted by molar-refractivity contribution is 9.10. The molecule has 1 aromatic carbocycles. The summed E-state index contributed by atoms with van der Waals surface area (Å²) in [5.41, 5.74) is 0.701. The highest BCUT2D eigenvalue weighted by Gasteiger charge is 2.14. The van der Waals surface area contributed by atoms with Crippen LogP contribution in [0.4, 0.5) is 0 Å². The lowest BCUT2D eigenvalue weighted by Gasteiger charge is -2.06. The van der Waals surface area contributed by atoms with Gasteiger partial charge in [-0.1, -0.05) is 0 Å². The fourth-order valence-corrected chi connectivity index (χ4v) is 1.68. The molecule has 0 aromatic heterocycles. The normalized spacial score (nSPS) is 9.47. The van der Waals surface area contributed by atoms with Crippen molar-refractivity contribution in [2.24, 2.45) is 0 Å². The average Bonchev–Trinajstić information content (AvgIpc) is 2.22. The molecule has 0 aliphatic carbocycles. The maximum absolute atomic E-state index is 11.5. The lowest BCUT2D eigenvalue weighted by Crippen LogP contribution is -2.06. The van der Waals surface area contributed by atoms with Gasteiger partial charge in [0.15, 0.2) is 0 Å². The molecule has 0 amide bonds. The molecule has 0 aliphatic heterocycles. The highest BCUT2D eigenvalue weighted by atomic mass is 79.9. The number of thiol groups is 1. The molecule has 5 heteroatoms. The first kappa shape index (κ1) is 12.1. The molecule has 78 valence electrons. The van der Waals surface area contributed by atoms with E-state index in [1.807, 2.05) is 6.07 Å². The van der Waals surface area contributed by atoms with Crippen LogP contribution in [0.3, 0.4) is 0 Å². The van der Waals surface area contributed by atoms with E-state index in [9.17, 15) is 4.79 Å². The Balaban J connectivity index is 3.23. The summed E-state index contributed by atoms with van der Waals surface area (Å²) in [6.45, 7) is 2.02. The van der Waals surface area contributed by atoms with Crippen molar-refractivity contribution in [1.29, 1.82) is 5.26 Å². The monoisotopic (exact) mass is 285 g/mol. The molecule has 0 saturated heterocycles. The van der Waals surface area contributed by atoms with Crippen molar-refractivity contribution in [2.45, 2.75) is 11.8 Å². The summed E-state index contributed by atoms with van der Waals surface area (Å²) in [4.78, 5) is 12.0. The molecular formula is C10H8BrNO2S. The van der Waals surface area contributed by atoms with Crippen molar-refractivity contribution in [2.75, 3.05) is 6.61 Å². The number of carbonyl (C=O) groups excluding carboxylic acids is 1. The van der Waals surface area contributed by atoms with Crippen molar-refractivity contribution in [3.8, 4) is 6.07 Å². The van der Waals surface area contributed by atoms with E-state index in [0.29, 0.717) is 27.1 Å². The first-order valence-electron chi connectivity index (χ1n) is 4.19. The Labute approximate surface area is 102 Å². The number of nitrogens with zero attached hydrogens (tertiary/aromatic N) is 1. The number of ether oxygens (including phenoxy) is 1. The number of rotatable bonds is 2. The van der Waals surface area contributed by atoms with Gasteiger partial charge in [0.1, 0.15) is 0 Å². The fraction of sp³-hybridized carbons (Fsp3) is 0.200. The topological polar surface area (TPSA) is 50.1 Å². The molecule has 0 aliphatic rings. The number of carbonyl (C=O) groups is 1. The van der Waals surface area contributed by atoms with Crippen LogP contribution >= 0.6 is 28.6 Å². The molecule has 0 fully saturated rings. The van der Waals surface area contributed by atoms with E-state index in [4.69, 9.17) is 10.00 Å². The maximum Gasteiger partial charge on any atom is 0.339 e. The van der Waals surface area contributed by atoms with Gasteiger partial charge in [-0.25, -0.2) is 4.79 Å². The minimum Gasteiger partial charge on any atom is -0.462 e. The van der Waals surface area contributed by atoms with Crippen LogP contribution in [0.1, 0.15) is 22.8 Å². The van der Waals surface area contributed by atoms with E-state index in [1.165, 1.54) is 6.07 Å². The molecule has 0 saturated carbocycles. The van der Waals surface area contributed by atoms with Crippen molar-refractivity contribution in [3.05, 3.63) is 27.7 Å². The Bertz CT molecular complexity index is 440. The zero-order valence-electron chi connectivity index (χ0n) is 7.95. The second kappa shape index (κ2) is 5.19. The van der Waals surface area contributed by atoms with Gasteiger partial charge in [0.25, 0.3) is 0 Å². The number of nitriles is 1. The molecular weight excluding hydrogens is 278 g/mol. The smallest absolute Gasteiger partial charge is 0.339 e. The zero-order chi connectivity index (χ0) is 11.4. The number of benzene rings is 1. The van der Waals surface area contributed by atoms with Crippen molar-refractivity contribution in [3.63, 3.8) is 0 Å². The molecule has 15 heavy (non-hydrogen) atoms. The summed E-state index contributed by atoms with van der Waals surface area (Å²) in [5, 5.41) is 8.74. The second-order valence-electron chi connectivity index (χ2n) is 2.69. The first-order valence-corrected chi connectivity index (χ1v) is 5.44. The Morgan fingerprint density at radius 2 is 2.33 bits per heavy atom. The first-order chi connectivity index (χ1) is 7.10. The van der Waals surface area contributed by atoms with Crippen LogP contribution < -0.4 is 0 Å². The van der Waals surface area contributed by atoms with Crippen LogP contribution in [0.15, 0.2) is 21.5 Å². The quantitative estimate of drug-likeness (QED) is 0.672. The molecule has 1 rings (SSSR count). The van der Waals surface area contributed by atoms with Gasteiger partial charge in [-0.2, -0.15) is 5.26 Å². The van der Waals surface area contributed by atoms with Gasteiger partial charge in [-0.05, 0) is 35.0 Å². The van der Waals surface area contributed by atoms with Crippen LogP contribution in [0.2, 0.25) is 0 Å². The van der Waals surface area contributed by atoms with Crippen LogP contribution in [0.25, 0.3) is 0 Å². The van der Waals surface area contributed by atoms with Gasteiger partial charge in [0.05, 0.1) is 23.8 Å². The molecule has 0 atom stereocenters. The van der Waals surface area contributed by atoms with E-state index >= 15 is 0 Å². The molecule has 0 N–H and O–H groups in total. The third-order valence-electron chi connectivity index (χ3n) is 1.68. The van der Waals surface area contributed by atoms with Gasteiger partial charge in [-0.3, -0.25) is 0 Å². The van der Waals surface area contributed by atoms with Gasteiger partial charge in [0.2, 0.25) is 0 Å². The zero-order valence-corrected chi connectivity index (χ0v) is 10.4. The Hall–Kier alpha value is -0.990. The minimum atomic E-state index is -0.461. The third-order valence-corrected chi connectivity index (χ3v) is 3.19. The minimum absolute atomic E-state index is 0.296. The SMILES string of the molecule is CCOC(=O)c1cc(C#N)cc(S)c1Br. The summed E-state index contributed by atoms with van der Waals surface area (Å²) >= 11 is 7.38. The number of hydrogen-bond donors (Lipinski definition) is 1. The van der Waals surface area contributed by atoms with Crippen LogP contribution in [0, 0.1) is 11.3 Å². The highest BCUT2D eigenvalue weighted by Crippen LogP contribution is 2.27. The van der Waals surface area contributed by atoms with E-state index in [1.54, 1.807) is 13.0 Å². The van der Waals surface area contributed by atoms with E-state index in [-0.39, 0.29) is 0 Å². The Morgan fingerprint density at radius 1 is 1.67 bits per heavy atom. The van der Waals surface area contributed by atoms with E-state index in [2.05, 4.69) is 28.6 Å². The Kier molecular flexibility index (Phi) is 4.18. The van der Waals surface area contributed by atoms with Gasteiger partial charge in [0, 0.05) is 9.37 Å². The summed E-state index contributed by atoms with van der Waals surface area (Å²) < 4.78 is 5.40. The molecule has 0 heterocycles. The summed E-state index contributed by atoms with van der Waals surface area (Å²) in [7, 11) is 0. The predicted molar refractivity (Wildman–Crippen MR) is 62.1 cm³/mol. The molecule has 3 nitrogen and oxygen atoms in total. The predicted octanol–water partition coefficient (Wildman–Crippen LogP) is 2.79. The standard InChI is InChI=1S/C10H8BrNO2S/c1-2-14-10(13)7-3-6(5-12)4-8(15)9(7)11/h3-4,15H,2H2,1H3. The van der Waals surface area contributed by atoms with Crippen LogP contribution in [-0.4, -0.2) is 12.6 Å². The molecule has 0 radical (unpaired) electrons. The summed E-state index contributed by atoms with van der Waals surface area (Å²) in [5.74, 6) is -0.461. The van der Waals surface area contributed by atoms with Gasteiger partial charge in [-0.15, -0.1) is 12.6 Å². The van der Waals surface area contributed by atoms with Crippen molar-refractivity contribution in [1.82, 2.24) is 0 Å². The van der Waals surface area contributed by atoms with E-state index in [0.717, 1.165) is 0 Å². The number of esters is 1. The molecule has 0 unspecified atom stereocenters. The maximum atomic E-state index is 11.5. The largest absolute Gasteiger partial charge is 0.462 e. The van der Waals surface area contributed by atoms with Gasteiger partial charge < -0.3 is 4.74 Å². The van der Waals surface area contributed by atoms with Crippen molar-refractivity contribution < 1.29 is 9.53 Å². The number of hydrogen-bond acceptors (Lipinski definition) is 4. The summed E-state index contributed by atoms with van der Waals surface area (Å²) in [6.07, 6.45) is 0. The molecule has 0 spiro atoms. The van der Waals surface area contributed by atoms with Crippen LogP contribution in [-0.2, 0) is 4.74 Å². The van der Waals surface area contributed by atoms with E-state index < -0.39 is 5.97 Å². The van der Waals surface area contributed by atoms with Crippen LogP contribution in [0.5, 0.6) is 0 Å². The third kappa shape index (κ3) is 2.74.